The lowest BCUT2D eigenvalue weighted by atomic mass is 10.3. The molecular weight excluding hydrogens is 319 g/mol. The molecule has 4 aromatic rings. The summed E-state index contributed by atoms with van der Waals surface area (Å²) in [5.74, 6) is 0.600. The summed E-state index contributed by atoms with van der Waals surface area (Å²) in [6.45, 7) is 2.65. The zero-order valence-corrected chi connectivity index (χ0v) is 13.7. The van der Waals surface area contributed by atoms with Gasteiger partial charge in [0.1, 0.15) is 11.6 Å². The molecule has 0 spiro atoms. The first-order valence-corrected chi connectivity index (χ1v) is 8.10. The van der Waals surface area contributed by atoms with Gasteiger partial charge >= 0.3 is 0 Å². The van der Waals surface area contributed by atoms with Crippen LogP contribution in [0.25, 0.3) is 11.3 Å². The maximum Gasteiger partial charge on any atom is 0.157 e. The highest BCUT2D eigenvalue weighted by atomic mass is 19.1. The minimum absolute atomic E-state index is 0.280. The minimum Gasteiger partial charge on any atom is -0.366 e. The van der Waals surface area contributed by atoms with Gasteiger partial charge in [-0.2, -0.15) is 14.7 Å². The van der Waals surface area contributed by atoms with Crippen molar-refractivity contribution in [3.8, 4) is 5.69 Å². The van der Waals surface area contributed by atoms with Gasteiger partial charge in [0.05, 0.1) is 18.1 Å². The van der Waals surface area contributed by atoms with Crippen molar-refractivity contribution < 1.29 is 4.39 Å². The maximum atomic E-state index is 13.3. The molecular formula is C18H17FN6. The summed E-state index contributed by atoms with van der Waals surface area (Å²) in [5.41, 5.74) is 3.50. The molecule has 0 saturated heterocycles. The van der Waals surface area contributed by atoms with Gasteiger partial charge in [-0.25, -0.2) is 14.1 Å². The van der Waals surface area contributed by atoms with E-state index in [1.165, 1.54) is 12.1 Å². The topological polar surface area (TPSA) is 60.0 Å². The molecule has 0 aliphatic heterocycles. The maximum absolute atomic E-state index is 13.3. The van der Waals surface area contributed by atoms with Crippen LogP contribution in [0.2, 0.25) is 0 Å². The van der Waals surface area contributed by atoms with Crippen molar-refractivity contribution in [2.45, 2.75) is 19.9 Å². The number of benzene rings is 1. The molecule has 0 aliphatic rings. The summed E-state index contributed by atoms with van der Waals surface area (Å²) in [7, 11) is 0. The van der Waals surface area contributed by atoms with Gasteiger partial charge in [0.15, 0.2) is 5.65 Å². The fourth-order valence-corrected chi connectivity index (χ4v) is 2.68. The van der Waals surface area contributed by atoms with Crippen LogP contribution in [0.1, 0.15) is 18.2 Å². The Kier molecular flexibility index (Phi) is 3.89. The largest absolute Gasteiger partial charge is 0.366 e. The van der Waals surface area contributed by atoms with Crippen molar-refractivity contribution in [2.75, 3.05) is 5.32 Å². The summed E-state index contributed by atoms with van der Waals surface area (Å²) >= 11 is 0. The Morgan fingerprint density at radius 2 is 2.08 bits per heavy atom. The summed E-state index contributed by atoms with van der Waals surface area (Å²) in [6, 6.07) is 10.2. The molecule has 0 fully saturated rings. The number of hydrogen-bond acceptors (Lipinski definition) is 4. The first kappa shape index (κ1) is 15.3. The fourth-order valence-electron chi connectivity index (χ4n) is 2.68. The first-order valence-electron chi connectivity index (χ1n) is 8.10. The van der Waals surface area contributed by atoms with Crippen LogP contribution in [0.4, 0.5) is 10.2 Å². The van der Waals surface area contributed by atoms with E-state index in [4.69, 9.17) is 0 Å². The Bertz CT molecular complexity index is 1020. The molecule has 3 heterocycles. The smallest absolute Gasteiger partial charge is 0.157 e. The Hall–Kier alpha value is -3.22. The van der Waals surface area contributed by atoms with Gasteiger partial charge in [-0.05, 0) is 24.6 Å². The SMILES string of the molecule is CCc1cc(NCc2cnn(-c3cccc(F)c3)c2)n2nccc2n1. The number of rotatable bonds is 5. The number of nitrogens with one attached hydrogen (secondary N) is 1. The van der Waals surface area contributed by atoms with Gasteiger partial charge in [0.2, 0.25) is 0 Å². The number of hydrogen-bond donors (Lipinski definition) is 1. The lowest BCUT2D eigenvalue weighted by molar-refractivity contribution is 0.625. The lowest BCUT2D eigenvalue weighted by Gasteiger charge is -2.09. The van der Waals surface area contributed by atoms with Crippen molar-refractivity contribution in [3.05, 3.63) is 72.1 Å². The average molecular weight is 336 g/mol. The van der Waals surface area contributed by atoms with Crippen LogP contribution < -0.4 is 5.32 Å². The van der Waals surface area contributed by atoms with E-state index < -0.39 is 0 Å². The predicted octanol–water partition coefficient (Wildman–Crippen LogP) is 3.23. The first-order chi connectivity index (χ1) is 12.2. The van der Waals surface area contributed by atoms with Crippen molar-refractivity contribution in [3.63, 3.8) is 0 Å². The number of anilines is 1. The molecule has 0 radical (unpaired) electrons. The van der Waals surface area contributed by atoms with E-state index in [0.29, 0.717) is 12.2 Å². The molecule has 6 nitrogen and oxygen atoms in total. The second-order valence-electron chi connectivity index (χ2n) is 5.71. The number of nitrogens with zero attached hydrogens (tertiary/aromatic N) is 5. The van der Waals surface area contributed by atoms with Gasteiger partial charge in [0, 0.05) is 36.1 Å². The Labute approximate surface area is 143 Å². The second kappa shape index (κ2) is 6.35. The predicted molar refractivity (Wildman–Crippen MR) is 93.2 cm³/mol. The molecule has 0 saturated carbocycles. The van der Waals surface area contributed by atoms with Gasteiger partial charge in [-0.3, -0.25) is 0 Å². The van der Waals surface area contributed by atoms with Crippen molar-refractivity contribution in [1.82, 2.24) is 24.4 Å². The summed E-state index contributed by atoms with van der Waals surface area (Å²) in [5, 5.41) is 12.0. The van der Waals surface area contributed by atoms with Crippen molar-refractivity contribution in [1.29, 1.82) is 0 Å². The van der Waals surface area contributed by atoms with E-state index in [2.05, 4.69) is 27.4 Å². The third-order valence-corrected chi connectivity index (χ3v) is 3.96. The van der Waals surface area contributed by atoms with Crippen LogP contribution in [0, 0.1) is 5.82 Å². The monoisotopic (exact) mass is 336 g/mol. The normalized spacial score (nSPS) is 11.1. The molecule has 126 valence electrons. The molecule has 0 bridgehead atoms. The Morgan fingerprint density at radius 3 is 2.92 bits per heavy atom. The Balaban J connectivity index is 1.55. The summed E-state index contributed by atoms with van der Waals surface area (Å²) < 4.78 is 16.8. The molecule has 1 aromatic carbocycles. The molecule has 7 heteroatoms. The zero-order valence-electron chi connectivity index (χ0n) is 13.7. The number of fused-ring (bicyclic) bond motifs is 1. The highest BCUT2D eigenvalue weighted by molar-refractivity contribution is 5.49. The zero-order chi connectivity index (χ0) is 17.2. The Morgan fingerprint density at radius 1 is 1.16 bits per heavy atom. The highest BCUT2D eigenvalue weighted by Gasteiger charge is 2.07. The number of halogens is 1. The standard InChI is InChI=1S/C18H17FN6/c1-2-15-9-18(25-17(23-15)6-7-21-25)20-10-13-11-22-24(12-13)16-5-3-4-14(19)8-16/h3-9,11-12,20H,2,10H2,1H3. The molecule has 1 N–H and O–H groups in total. The summed E-state index contributed by atoms with van der Waals surface area (Å²) in [6.07, 6.45) is 6.23. The molecule has 0 unspecified atom stereocenters. The molecule has 0 amide bonds. The molecule has 0 atom stereocenters. The number of aryl methyl sites for hydroxylation is 1. The number of aromatic nitrogens is 5. The molecule has 3 aromatic heterocycles. The average Bonchev–Trinajstić information content (AvgIpc) is 3.28. The molecule has 4 rings (SSSR count). The van der Waals surface area contributed by atoms with Crippen molar-refractivity contribution >= 4 is 11.5 Å². The minimum atomic E-state index is -0.280. The van der Waals surface area contributed by atoms with Crippen molar-refractivity contribution in [2.24, 2.45) is 0 Å². The van der Waals surface area contributed by atoms with E-state index in [0.717, 1.165) is 29.1 Å². The van der Waals surface area contributed by atoms with Gasteiger partial charge in [-0.1, -0.05) is 13.0 Å². The van der Waals surface area contributed by atoms with Crippen LogP contribution in [0.15, 0.2) is 55.0 Å². The van der Waals surface area contributed by atoms with E-state index in [9.17, 15) is 4.39 Å². The van der Waals surface area contributed by atoms with Crippen LogP contribution in [0.5, 0.6) is 0 Å². The van der Waals surface area contributed by atoms with E-state index in [1.54, 1.807) is 27.7 Å². The van der Waals surface area contributed by atoms with E-state index in [-0.39, 0.29) is 5.82 Å². The van der Waals surface area contributed by atoms with Crippen LogP contribution in [0.3, 0.4) is 0 Å². The molecule has 25 heavy (non-hydrogen) atoms. The van der Waals surface area contributed by atoms with Crippen LogP contribution in [-0.2, 0) is 13.0 Å². The third-order valence-electron chi connectivity index (χ3n) is 3.96. The van der Waals surface area contributed by atoms with Gasteiger partial charge in [-0.15, -0.1) is 0 Å². The second-order valence-corrected chi connectivity index (χ2v) is 5.71. The fraction of sp³-hybridized carbons (Fsp3) is 0.167. The molecule has 0 aliphatic carbocycles. The van der Waals surface area contributed by atoms with E-state index >= 15 is 0 Å². The highest BCUT2D eigenvalue weighted by Crippen LogP contribution is 2.15. The van der Waals surface area contributed by atoms with Gasteiger partial charge in [0.25, 0.3) is 0 Å². The van der Waals surface area contributed by atoms with Gasteiger partial charge < -0.3 is 5.32 Å². The quantitative estimate of drug-likeness (QED) is 0.608. The summed E-state index contributed by atoms with van der Waals surface area (Å²) in [4.78, 5) is 4.53. The van der Waals surface area contributed by atoms with E-state index in [1.807, 2.05) is 24.4 Å². The third kappa shape index (κ3) is 3.08. The van der Waals surface area contributed by atoms with Crippen LogP contribution >= 0.6 is 0 Å². The van der Waals surface area contributed by atoms with Crippen LogP contribution in [-0.4, -0.2) is 24.4 Å². The lowest BCUT2D eigenvalue weighted by Crippen LogP contribution is -2.07.